The maximum Gasteiger partial charge on any atom is 0.231 e. The highest BCUT2D eigenvalue weighted by molar-refractivity contribution is 8.01. The van der Waals surface area contributed by atoms with Crippen LogP contribution in [0.3, 0.4) is 0 Å². The molecule has 0 unspecified atom stereocenters. The van der Waals surface area contributed by atoms with Gasteiger partial charge in [-0.05, 0) is 24.1 Å². The number of fused-ring (bicyclic) bond motifs is 1. The fourth-order valence-corrected chi connectivity index (χ4v) is 5.00. The van der Waals surface area contributed by atoms with E-state index in [-0.39, 0.29) is 0 Å². The number of hydrogen-bond donors (Lipinski definition) is 0. The molecule has 5 heteroatoms. The number of methoxy groups -OCH3 is 1. The van der Waals surface area contributed by atoms with Gasteiger partial charge in [0, 0.05) is 37.2 Å². The minimum Gasteiger partial charge on any atom is -0.454 e. The quantitative estimate of drug-likeness (QED) is 0.852. The molecular formula is C15H19NO3S. The van der Waals surface area contributed by atoms with Crippen LogP contribution in [0.5, 0.6) is 11.5 Å². The highest BCUT2D eigenvalue weighted by Gasteiger charge is 2.48. The van der Waals surface area contributed by atoms with Crippen molar-refractivity contribution in [3.63, 3.8) is 0 Å². The molecule has 0 amide bonds. The molecule has 0 bridgehead atoms. The third-order valence-corrected chi connectivity index (χ3v) is 5.95. The minimum absolute atomic E-state index is 0.348. The Labute approximate surface area is 123 Å². The lowest BCUT2D eigenvalue weighted by atomic mass is 9.92. The molecule has 2 saturated heterocycles. The van der Waals surface area contributed by atoms with E-state index in [2.05, 4.69) is 28.8 Å². The molecule has 3 aliphatic heterocycles. The second-order valence-corrected chi connectivity index (χ2v) is 7.38. The van der Waals surface area contributed by atoms with Gasteiger partial charge in [0.2, 0.25) is 6.79 Å². The lowest BCUT2D eigenvalue weighted by molar-refractivity contribution is 0.0631. The largest absolute Gasteiger partial charge is 0.454 e. The van der Waals surface area contributed by atoms with E-state index in [4.69, 9.17) is 14.2 Å². The van der Waals surface area contributed by atoms with E-state index in [0.29, 0.717) is 17.6 Å². The van der Waals surface area contributed by atoms with Gasteiger partial charge in [-0.1, -0.05) is 6.07 Å². The molecule has 20 heavy (non-hydrogen) atoms. The van der Waals surface area contributed by atoms with Crippen LogP contribution in [-0.4, -0.2) is 48.5 Å². The van der Waals surface area contributed by atoms with Crippen LogP contribution in [0.4, 0.5) is 0 Å². The van der Waals surface area contributed by atoms with Crippen molar-refractivity contribution in [2.45, 2.75) is 23.8 Å². The van der Waals surface area contributed by atoms with Gasteiger partial charge in [0.05, 0.1) is 6.10 Å². The molecule has 0 aromatic heterocycles. The van der Waals surface area contributed by atoms with Gasteiger partial charge in [0.15, 0.2) is 11.5 Å². The summed E-state index contributed by atoms with van der Waals surface area (Å²) in [5.74, 6) is 2.89. The Bertz CT molecular complexity index is 516. The normalized spacial score (nSPS) is 26.9. The Morgan fingerprint density at radius 2 is 2.20 bits per heavy atom. The van der Waals surface area contributed by atoms with E-state index < -0.39 is 0 Å². The first-order valence-corrected chi connectivity index (χ1v) is 8.03. The van der Waals surface area contributed by atoms with Crippen molar-refractivity contribution in [2.75, 3.05) is 32.7 Å². The molecular weight excluding hydrogens is 274 g/mol. The highest BCUT2D eigenvalue weighted by atomic mass is 32.2. The van der Waals surface area contributed by atoms with Crippen LogP contribution in [-0.2, 0) is 11.3 Å². The molecule has 1 spiro atoms. The summed E-state index contributed by atoms with van der Waals surface area (Å²) < 4.78 is 16.7. The summed E-state index contributed by atoms with van der Waals surface area (Å²) in [4.78, 5) is 2.50. The fraction of sp³-hybridized carbons (Fsp3) is 0.600. The second-order valence-electron chi connectivity index (χ2n) is 5.89. The Kier molecular flexibility index (Phi) is 3.09. The summed E-state index contributed by atoms with van der Waals surface area (Å²) in [5.41, 5.74) is 1.30. The van der Waals surface area contributed by atoms with E-state index in [1.165, 1.54) is 25.1 Å². The summed E-state index contributed by atoms with van der Waals surface area (Å²) in [6, 6.07) is 6.25. The minimum atomic E-state index is 0.348. The predicted molar refractivity (Wildman–Crippen MR) is 78.4 cm³/mol. The molecule has 1 aromatic carbocycles. The Balaban J connectivity index is 1.36. The molecule has 3 heterocycles. The van der Waals surface area contributed by atoms with Crippen molar-refractivity contribution >= 4 is 11.8 Å². The van der Waals surface area contributed by atoms with Gasteiger partial charge < -0.3 is 14.2 Å². The number of rotatable bonds is 3. The van der Waals surface area contributed by atoms with Crippen LogP contribution >= 0.6 is 11.8 Å². The maximum absolute atomic E-state index is 5.48. The van der Waals surface area contributed by atoms with Crippen LogP contribution in [0.1, 0.15) is 12.0 Å². The molecule has 0 N–H and O–H groups in total. The number of hydrogen-bond acceptors (Lipinski definition) is 5. The third-order valence-electron chi connectivity index (χ3n) is 4.38. The predicted octanol–water partition coefficient (Wildman–Crippen LogP) is 2.12. The van der Waals surface area contributed by atoms with E-state index in [0.717, 1.165) is 23.8 Å². The molecule has 1 aromatic rings. The third kappa shape index (κ3) is 2.18. The van der Waals surface area contributed by atoms with Crippen molar-refractivity contribution in [3.05, 3.63) is 23.8 Å². The smallest absolute Gasteiger partial charge is 0.231 e. The zero-order valence-electron chi connectivity index (χ0n) is 11.6. The van der Waals surface area contributed by atoms with Gasteiger partial charge in [-0.3, -0.25) is 4.90 Å². The standard InChI is InChI=1S/C15H19NO3S/c1-17-12-5-15(20-7-12)8-16(9-15)6-11-2-3-13-14(4-11)19-10-18-13/h2-4,12H,5-10H2,1H3/t12-/m0/s1. The number of likely N-dealkylation sites (tertiary alicyclic amines) is 1. The van der Waals surface area contributed by atoms with E-state index in [1.807, 2.05) is 13.2 Å². The van der Waals surface area contributed by atoms with Crippen molar-refractivity contribution < 1.29 is 14.2 Å². The number of benzene rings is 1. The molecule has 0 aliphatic carbocycles. The van der Waals surface area contributed by atoms with Crippen LogP contribution in [0.2, 0.25) is 0 Å². The average molecular weight is 293 g/mol. The van der Waals surface area contributed by atoms with Crippen molar-refractivity contribution in [2.24, 2.45) is 0 Å². The molecule has 1 atom stereocenters. The monoisotopic (exact) mass is 293 g/mol. The van der Waals surface area contributed by atoms with Crippen molar-refractivity contribution in [1.29, 1.82) is 0 Å². The first kappa shape index (κ1) is 12.8. The Hall–Kier alpha value is -0.910. The first-order valence-electron chi connectivity index (χ1n) is 7.04. The Morgan fingerprint density at radius 1 is 1.35 bits per heavy atom. The van der Waals surface area contributed by atoms with Crippen LogP contribution in [0.15, 0.2) is 18.2 Å². The van der Waals surface area contributed by atoms with Gasteiger partial charge >= 0.3 is 0 Å². The van der Waals surface area contributed by atoms with Gasteiger partial charge in [0.25, 0.3) is 0 Å². The lowest BCUT2D eigenvalue weighted by Gasteiger charge is -2.47. The van der Waals surface area contributed by atoms with Crippen molar-refractivity contribution in [1.82, 2.24) is 4.90 Å². The summed E-state index contributed by atoms with van der Waals surface area (Å²) in [6.45, 7) is 3.69. The van der Waals surface area contributed by atoms with E-state index >= 15 is 0 Å². The van der Waals surface area contributed by atoms with E-state index in [1.54, 1.807) is 0 Å². The van der Waals surface area contributed by atoms with Crippen molar-refractivity contribution in [3.8, 4) is 11.5 Å². The van der Waals surface area contributed by atoms with Crippen LogP contribution < -0.4 is 9.47 Å². The fourth-order valence-electron chi connectivity index (χ4n) is 3.35. The molecule has 0 radical (unpaired) electrons. The topological polar surface area (TPSA) is 30.9 Å². The zero-order valence-corrected chi connectivity index (χ0v) is 12.4. The number of thioether (sulfide) groups is 1. The summed E-state index contributed by atoms with van der Waals surface area (Å²) >= 11 is 2.09. The summed E-state index contributed by atoms with van der Waals surface area (Å²) in [5, 5.41) is 0. The highest BCUT2D eigenvalue weighted by Crippen LogP contribution is 2.46. The van der Waals surface area contributed by atoms with E-state index in [9.17, 15) is 0 Å². The van der Waals surface area contributed by atoms with Gasteiger partial charge in [-0.15, -0.1) is 11.8 Å². The molecule has 2 fully saturated rings. The Morgan fingerprint density at radius 3 is 3.00 bits per heavy atom. The first-order chi connectivity index (χ1) is 9.76. The maximum atomic E-state index is 5.48. The number of nitrogens with zero attached hydrogens (tertiary/aromatic N) is 1. The average Bonchev–Trinajstić information content (AvgIpc) is 3.03. The summed E-state index contributed by atoms with van der Waals surface area (Å²) in [7, 11) is 1.83. The lowest BCUT2D eigenvalue weighted by Crippen LogP contribution is -2.58. The number of ether oxygens (including phenoxy) is 3. The summed E-state index contributed by atoms with van der Waals surface area (Å²) in [6.07, 6.45) is 1.65. The molecule has 108 valence electrons. The van der Waals surface area contributed by atoms with Crippen LogP contribution in [0, 0.1) is 0 Å². The molecule has 4 rings (SSSR count). The van der Waals surface area contributed by atoms with Gasteiger partial charge in [-0.25, -0.2) is 0 Å². The van der Waals surface area contributed by atoms with Crippen LogP contribution in [0.25, 0.3) is 0 Å². The molecule has 4 nitrogen and oxygen atoms in total. The van der Waals surface area contributed by atoms with Gasteiger partial charge in [-0.2, -0.15) is 0 Å². The SMILES string of the molecule is CO[C@@H]1CSC2(C1)CN(Cc1ccc3c(c1)OCO3)C2. The zero-order chi connectivity index (χ0) is 13.6. The molecule has 3 aliphatic rings. The molecule has 0 saturated carbocycles. The second kappa shape index (κ2) is 4.83. The van der Waals surface area contributed by atoms with Gasteiger partial charge in [0.1, 0.15) is 0 Å².